The Morgan fingerprint density at radius 3 is 2.58 bits per heavy atom. The van der Waals surface area contributed by atoms with Gasteiger partial charge in [-0.1, -0.05) is 6.92 Å². The quantitative estimate of drug-likeness (QED) is 0.787. The first-order valence-electron chi connectivity index (χ1n) is 9.37. The van der Waals surface area contributed by atoms with E-state index in [4.69, 9.17) is 4.98 Å². The van der Waals surface area contributed by atoms with Crippen LogP contribution in [-0.2, 0) is 17.8 Å². The standard InChI is InChI=1S/C18H29N5O3/c1-4-15(25)17(26)23-10-7-14-13(11-23)16(20-18(19-14)21(2)3)22-8-5-12(24)6-9-22/h12,15,24-25H,4-11H2,1-3H3/t15-/m1/s1. The minimum absolute atomic E-state index is 0.227. The first kappa shape index (κ1) is 18.8. The highest BCUT2D eigenvalue weighted by Gasteiger charge is 2.31. The van der Waals surface area contributed by atoms with Gasteiger partial charge < -0.3 is 24.9 Å². The number of aromatic nitrogens is 2. The number of carbonyl (C=O) groups excluding carboxylic acids is 1. The van der Waals surface area contributed by atoms with Gasteiger partial charge in [0.1, 0.15) is 11.9 Å². The SMILES string of the molecule is CC[C@@H](O)C(=O)N1CCc2nc(N(C)C)nc(N3CCC(O)CC3)c2C1. The van der Waals surface area contributed by atoms with Crippen molar-refractivity contribution in [1.29, 1.82) is 0 Å². The van der Waals surface area contributed by atoms with Gasteiger partial charge in [-0.15, -0.1) is 0 Å². The summed E-state index contributed by atoms with van der Waals surface area (Å²) in [6, 6.07) is 0. The molecule has 3 heterocycles. The zero-order valence-electron chi connectivity index (χ0n) is 15.9. The molecule has 1 atom stereocenters. The van der Waals surface area contributed by atoms with E-state index in [0.29, 0.717) is 44.7 Å². The van der Waals surface area contributed by atoms with Crippen LogP contribution in [0.1, 0.15) is 37.4 Å². The van der Waals surface area contributed by atoms with Gasteiger partial charge in [0, 0.05) is 45.7 Å². The predicted molar refractivity (Wildman–Crippen MR) is 99.2 cm³/mol. The Morgan fingerprint density at radius 1 is 1.27 bits per heavy atom. The Hall–Kier alpha value is -1.93. The second-order valence-corrected chi connectivity index (χ2v) is 7.32. The number of carbonyl (C=O) groups is 1. The summed E-state index contributed by atoms with van der Waals surface area (Å²) in [6.45, 7) is 4.27. The summed E-state index contributed by atoms with van der Waals surface area (Å²) < 4.78 is 0. The second kappa shape index (κ2) is 7.75. The van der Waals surface area contributed by atoms with Crippen molar-refractivity contribution in [3.63, 3.8) is 0 Å². The van der Waals surface area contributed by atoms with E-state index in [1.807, 2.05) is 19.0 Å². The highest BCUT2D eigenvalue weighted by molar-refractivity contribution is 5.81. The number of rotatable bonds is 4. The number of aliphatic hydroxyl groups is 2. The van der Waals surface area contributed by atoms with Gasteiger partial charge in [-0.3, -0.25) is 4.79 Å². The summed E-state index contributed by atoms with van der Waals surface area (Å²) in [5.41, 5.74) is 1.94. The molecule has 0 spiro atoms. The first-order valence-corrected chi connectivity index (χ1v) is 9.37. The van der Waals surface area contributed by atoms with Crippen LogP contribution in [0.25, 0.3) is 0 Å². The van der Waals surface area contributed by atoms with Crippen molar-refractivity contribution in [2.75, 3.05) is 43.5 Å². The Labute approximate surface area is 154 Å². The molecule has 0 unspecified atom stereocenters. The average Bonchev–Trinajstić information content (AvgIpc) is 2.66. The lowest BCUT2D eigenvalue weighted by Gasteiger charge is -2.36. The van der Waals surface area contributed by atoms with E-state index in [0.717, 1.165) is 30.2 Å². The molecule has 2 aliphatic heterocycles. The molecule has 0 aliphatic carbocycles. The van der Waals surface area contributed by atoms with Gasteiger partial charge in [0.25, 0.3) is 5.91 Å². The molecule has 2 aliphatic rings. The van der Waals surface area contributed by atoms with Crippen LogP contribution in [-0.4, -0.2) is 76.9 Å². The molecule has 8 heteroatoms. The van der Waals surface area contributed by atoms with Gasteiger partial charge in [0.2, 0.25) is 5.95 Å². The van der Waals surface area contributed by atoms with Crippen molar-refractivity contribution in [2.45, 2.75) is 51.4 Å². The van der Waals surface area contributed by atoms with E-state index in [-0.39, 0.29) is 12.0 Å². The number of aliphatic hydroxyl groups excluding tert-OH is 2. The fourth-order valence-corrected chi connectivity index (χ4v) is 3.50. The van der Waals surface area contributed by atoms with Crippen molar-refractivity contribution >= 4 is 17.7 Å². The zero-order chi connectivity index (χ0) is 18.8. The van der Waals surface area contributed by atoms with Crippen LogP contribution in [0.3, 0.4) is 0 Å². The largest absolute Gasteiger partial charge is 0.393 e. The van der Waals surface area contributed by atoms with Gasteiger partial charge in [-0.2, -0.15) is 4.98 Å². The third kappa shape index (κ3) is 3.76. The van der Waals surface area contributed by atoms with Crippen LogP contribution < -0.4 is 9.80 Å². The van der Waals surface area contributed by atoms with Gasteiger partial charge in [0.15, 0.2) is 0 Å². The zero-order valence-corrected chi connectivity index (χ0v) is 15.9. The molecule has 0 aromatic carbocycles. The lowest BCUT2D eigenvalue weighted by Crippen LogP contribution is -2.44. The van der Waals surface area contributed by atoms with Gasteiger partial charge in [-0.25, -0.2) is 4.98 Å². The van der Waals surface area contributed by atoms with E-state index < -0.39 is 6.10 Å². The molecule has 2 N–H and O–H groups in total. The Kier molecular flexibility index (Phi) is 5.62. The Morgan fingerprint density at radius 2 is 1.96 bits per heavy atom. The first-order chi connectivity index (χ1) is 12.4. The number of anilines is 2. The minimum Gasteiger partial charge on any atom is -0.393 e. The van der Waals surface area contributed by atoms with Crippen molar-refractivity contribution in [3.05, 3.63) is 11.3 Å². The topological polar surface area (TPSA) is 93.0 Å². The lowest BCUT2D eigenvalue weighted by molar-refractivity contribution is -0.141. The maximum absolute atomic E-state index is 12.4. The number of hydrogen-bond donors (Lipinski definition) is 2. The Bertz CT molecular complexity index is 658. The molecule has 26 heavy (non-hydrogen) atoms. The molecule has 0 saturated carbocycles. The molecule has 1 aromatic rings. The molecule has 1 amide bonds. The predicted octanol–water partition coefficient (Wildman–Crippen LogP) is 0.159. The van der Waals surface area contributed by atoms with Crippen LogP contribution in [0.4, 0.5) is 11.8 Å². The smallest absolute Gasteiger partial charge is 0.251 e. The van der Waals surface area contributed by atoms with Crippen LogP contribution in [0.5, 0.6) is 0 Å². The van der Waals surface area contributed by atoms with Crippen LogP contribution in [0.15, 0.2) is 0 Å². The molecule has 144 valence electrons. The molecule has 0 bridgehead atoms. The van der Waals surface area contributed by atoms with E-state index in [1.54, 1.807) is 11.8 Å². The molecule has 1 fully saturated rings. The van der Waals surface area contributed by atoms with Gasteiger partial charge in [-0.05, 0) is 19.3 Å². The summed E-state index contributed by atoms with van der Waals surface area (Å²) in [5, 5.41) is 19.7. The second-order valence-electron chi connectivity index (χ2n) is 7.32. The highest BCUT2D eigenvalue weighted by Crippen LogP contribution is 2.30. The number of piperidine rings is 1. The molecule has 3 rings (SSSR count). The molecule has 1 aromatic heterocycles. The van der Waals surface area contributed by atoms with E-state index >= 15 is 0 Å². The van der Waals surface area contributed by atoms with E-state index in [9.17, 15) is 15.0 Å². The van der Waals surface area contributed by atoms with Crippen LogP contribution in [0, 0.1) is 0 Å². The fourth-order valence-electron chi connectivity index (χ4n) is 3.50. The summed E-state index contributed by atoms with van der Waals surface area (Å²) in [7, 11) is 3.84. The average molecular weight is 363 g/mol. The number of nitrogens with zero attached hydrogens (tertiary/aromatic N) is 5. The normalized spacial score (nSPS) is 19.3. The Balaban J connectivity index is 1.93. The number of hydrogen-bond acceptors (Lipinski definition) is 7. The maximum Gasteiger partial charge on any atom is 0.251 e. The van der Waals surface area contributed by atoms with E-state index in [2.05, 4.69) is 9.88 Å². The molecular weight excluding hydrogens is 334 g/mol. The molecular formula is C18H29N5O3. The van der Waals surface area contributed by atoms with Gasteiger partial charge >= 0.3 is 0 Å². The third-order valence-electron chi connectivity index (χ3n) is 5.17. The maximum atomic E-state index is 12.4. The molecule has 1 saturated heterocycles. The molecule has 8 nitrogen and oxygen atoms in total. The number of amides is 1. The number of fused-ring (bicyclic) bond motifs is 1. The minimum atomic E-state index is -0.952. The summed E-state index contributed by atoms with van der Waals surface area (Å²) >= 11 is 0. The summed E-state index contributed by atoms with van der Waals surface area (Å²) in [5.74, 6) is 1.29. The van der Waals surface area contributed by atoms with E-state index in [1.165, 1.54) is 0 Å². The lowest BCUT2D eigenvalue weighted by atomic mass is 10.0. The highest BCUT2D eigenvalue weighted by atomic mass is 16.3. The van der Waals surface area contributed by atoms with Crippen molar-refractivity contribution in [2.24, 2.45) is 0 Å². The molecule has 0 radical (unpaired) electrons. The fraction of sp³-hybridized carbons (Fsp3) is 0.722. The van der Waals surface area contributed by atoms with Crippen molar-refractivity contribution in [1.82, 2.24) is 14.9 Å². The van der Waals surface area contributed by atoms with Crippen molar-refractivity contribution in [3.8, 4) is 0 Å². The van der Waals surface area contributed by atoms with Crippen LogP contribution >= 0.6 is 0 Å². The third-order valence-corrected chi connectivity index (χ3v) is 5.17. The van der Waals surface area contributed by atoms with Gasteiger partial charge in [0.05, 0.1) is 18.3 Å². The summed E-state index contributed by atoms with van der Waals surface area (Å²) in [4.78, 5) is 27.6. The monoisotopic (exact) mass is 363 g/mol. The summed E-state index contributed by atoms with van der Waals surface area (Å²) in [6.07, 6.45) is 1.29. The van der Waals surface area contributed by atoms with Crippen LogP contribution in [0.2, 0.25) is 0 Å². The van der Waals surface area contributed by atoms with Crippen molar-refractivity contribution < 1.29 is 15.0 Å².